The third-order valence-corrected chi connectivity index (χ3v) is 4.39. The van der Waals surface area contributed by atoms with Gasteiger partial charge >= 0.3 is 0 Å². The summed E-state index contributed by atoms with van der Waals surface area (Å²) in [7, 11) is 0. The fourth-order valence-electron chi connectivity index (χ4n) is 3.26. The highest BCUT2D eigenvalue weighted by atomic mass is 16.5. The van der Waals surface area contributed by atoms with E-state index in [4.69, 9.17) is 9.15 Å². The van der Waals surface area contributed by atoms with Crippen molar-refractivity contribution in [3.8, 4) is 0 Å². The lowest BCUT2D eigenvalue weighted by Gasteiger charge is -2.33. The number of ether oxygens (including phenoxy) is 1. The number of nitrogens with zero attached hydrogens (tertiary/aromatic N) is 1. The van der Waals surface area contributed by atoms with Gasteiger partial charge in [0.1, 0.15) is 5.58 Å². The summed E-state index contributed by atoms with van der Waals surface area (Å²) in [6.45, 7) is 10.5. The third-order valence-electron chi connectivity index (χ3n) is 4.39. The van der Waals surface area contributed by atoms with Crippen LogP contribution in [0, 0.1) is 12.8 Å². The van der Waals surface area contributed by atoms with Crippen molar-refractivity contribution in [1.29, 1.82) is 0 Å². The van der Waals surface area contributed by atoms with Crippen LogP contribution in [0.1, 0.15) is 30.0 Å². The number of fused-ring (bicyclic) bond motifs is 1. The summed E-state index contributed by atoms with van der Waals surface area (Å²) < 4.78 is 11.5. The van der Waals surface area contributed by atoms with Crippen LogP contribution in [0.4, 0.5) is 0 Å². The predicted octanol–water partition coefficient (Wildman–Crippen LogP) is 2.83. The molecule has 0 saturated carbocycles. The summed E-state index contributed by atoms with van der Waals surface area (Å²) in [6.07, 6.45) is 0.0335. The standard InChI is InChI=1S/C19H26N2O3/c1-13(2)11-21-8-9-23-15(12-21)10-20-19(22)18-14(3)16-6-4-5-7-17(16)24-18/h4-7,13,15H,8-12H2,1-3H3,(H,20,22). The molecule has 0 radical (unpaired) electrons. The maximum Gasteiger partial charge on any atom is 0.287 e. The molecule has 1 saturated heterocycles. The number of hydrogen-bond donors (Lipinski definition) is 1. The molecule has 1 aliphatic rings. The Hall–Kier alpha value is -1.85. The van der Waals surface area contributed by atoms with Crippen molar-refractivity contribution in [3.63, 3.8) is 0 Å². The van der Waals surface area contributed by atoms with Gasteiger partial charge in [0.05, 0.1) is 12.7 Å². The van der Waals surface area contributed by atoms with Crippen molar-refractivity contribution in [1.82, 2.24) is 10.2 Å². The van der Waals surface area contributed by atoms with Crippen LogP contribution in [-0.4, -0.2) is 49.7 Å². The second-order valence-electron chi connectivity index (χ2n) is 6.91. The van der Waals surface area contributed by atoms with Gasteiger partial charge in [-0.3, -0.25) is 9.69 Å². The van der Waals surface area contributed by atoms with E-state index in [-0.39, 0.29) is 12.0 Å². The summed E-state index contributed by atoms with van der Waals surface area (Å²) in [6, 6.07) is 7.71. The molecular formula is C19H26N2O3. The van der Waals surface area contributed by atoms with Crippen LogP contribution in [0.15, 0.2) is 28.7 Å². The van der Waals surface area contributed by atoms with Crippen LogP contribution in [0.25, 0.3) is 11.0 Å². The molecule has 1 amide bonds. The van der Waals surface area contributed by atoms with Gasteiger partial charge in [-0.15, -0.1) is 0 Å². The Balaban J connectivity index is 1.59. The Morgan fingerprint density at radius 3 is 2.92 bits per heavy atom. The first-order valence-electron chi connectivity index (χ1n) is 8.65. The summed E-state index contributed by atoms with van der Waals surface area (Å²) in [5.74, 6) is 0.857. The van der Waals surface area contributed by atoms with E-state index in [9.17, 15) is 4.79 Å². The van der Waals surface area contributed by atoms with E-state index in [1.807, 2.05) is 31.2 Å². The van der Waals surface area contributed by atoms with E-state index < -0.39 is 0 Å². The molecule has 1 atom stereocenters. The van der Waals surface area contributed by atoms with E-state index in [1.165, 1.54) is 0 Å². The highest BCUT2D eigenvalue weighted by Gasteiger charge is 2.23. The first kappa shape index (κ1) is 17.0. The van der Waals surface area contributed by atoms with E-state index in [0.29, 0.717) is 18.2 Å². The van der Waals surface area contributed by atoms with Crippen molar-refractivity contribution in [3.05, 3.63) is 35.6 Å². The summed E-state index contributed by atoms with van der Waals surface area (Å²) in [5, 5.41) is 3.95. The smallest absolute Gasteiger partial charge is 0.287 e. The molecule has 2 heterocycles. The van der Waals surface area contributed by atoms with Crippen molar-refractivity contribution >= 4 is 16.9 Å². The molecule has 2 aromatic rings. The topological polar surface area (TPSA) is 54.7 Å². The van der Waals surface area contributed by atoms with Gasteiger partial charge < -0.3 is 14.5 Å². The number of rotatable bonds is 5. The Morgan fingerprint density at radius 2 is 2.17 bits per heavy atom. The van der Waals surface area contributed by atoms with E-state index in [0.717, 1.165) is 42.8 Å². The van der Waals surface area contributed by atoms with Crippen LogP contribution in [0.5, 0.6) is 0 Å². The molecule has 1 unspecified atom stereocenters. The van der Waals surface area contributed by atoms with Crippen molar-refractivity contribution in [2.24, 2.45) is 5.92 Å². The molecule has 0 aliphatic carbocycles. The van der Waals surface area contributed by atoms with Crippen LogP contribution in [0.3, 0.4) is 0 Å². The van der Waals surface area contributed by atoms with E-state index in [1.54, 1.807) is 0 Å². The van der Waals surface area contributed by atoms with Crippen molar-refractivity contribution in [2.45, 2.75) is 26.9 Å². The van der Waals surface area contributed by atoms with Crippen molar-refractivity contribution < 1.29 is 13.9 Å². The Labute approximate surface area is 143 Å². The number of amides is 1. The number of carbonyl (C=O) groups excluding carboxylic acids is 1. The van der Waals surface area contributed by atoms with Gasteiger partial charge in [0, 0.05) is 37.1 Å². The SMILES string of the molecule is Cc1c(C(=O)NCC2CN(CC(C)C)CCO2)oc2ccccc12. The summed E-state index contributed by atoms with van der Waals surface area (Å²) >= 11 is 0. The zero-order valence-corrected chi connectivity index (χ0v) is 14.7. The van der Waals surface area contributed by atoms with Gasteiger partial charge in [-0.05, 0) is 18.9 Å². The van der Waals surface area contributed by atoms with E-state index >= 15 is 0 Å². The molecule has 0 bridgehead atoms. The Kier molecular flexibility index (Phi) is 5.21. The van der Waals surface area contributed by atoms with Gasteiger partial charge in [-0.2, -0.15) is 0 Å². The van der Waals surface area contributed by atoms with Gasteiger partial charge in [0.15, 0.2) is 5.76 Å². The van der Waals surface area contributed by atoms with Crippen LogP contribution < -0.4 is 5.32 Å². The maximum atomic E-state index is 12.5. The average molecular weight is 330 g/mol. The third kappa shape index (κ3) is 3.79. The zero-order valence-electron chi connectivity index (χ0n) is 14.7. The molecule has 1 aromatic heterocycles. The largest absolute Gasteiger partial charge is 0.451 e. The minimum absolute atomic E-state index is 0.0335. The molecule has 5 heteroatoms. The van der Waals surface area contributed by atoms with Gasteiger partial charge in [-0.1, -0.05) is 32.0 Å². The fourth-order valence-corrected chi connectivity index (χ4v) is 3.26. The number of nitrogens with one attached hydrogen (secondary N) is 1. The lowest BCUT2D eigenvalue weighted by atomic mass is 10.1. The molecule has 1 aromatic carbocycles. The van der Waals surface area contributed by atoms with Crippen molar-refractivity contribution in [2.75, 3.05) is 32.8 Å². The predicted molar refractivity (Wildman–Crippen MR) is 94.3 cm³/mol. The zero-order chi connectivity index (χ0) is 17.1. The number of carbonyl (C=O) groups is 1. The fraction of sp³-hybridized carbons (Fsp3) is 0.526. The lowest BCUT2D eigenvalue weighted by Crippen LogP contribution is -2.48. The molecular weight excluding hydrogens is 304 g/mol. The summed E-state index contributed by atoms with van der Waals surface area (Å²) in [5.41, 5.74) is 1.63. The normalized spacial score (nSPS) is 19.1. The minimum Gasteiger partial charge on any atom is -0.451 e. The molecule has 1 fully saturated rings. The van der Waals surface area contributed by atoms with Crippen LogP contribution >= 0.6 is 0 Å². The molecule has 1 aliphatic heterocycles. The van der Waals surface area contributed by atoms with Gasteiger partial charge in [-0.25, -0.2) is 0 Å². The molecule has 24 heavy (non-hydrogen) atoms. The number of aryl methyl sites for hydroxylation is 1. The second kappa shape index (κ2) is 7.36. The lowest BCUT2D eigenvalue weighted by molar-refractivity contribution is -0.0296. The molecule has 3 rings (SSSR count). The quantitative estimate of drug-likeness (QED) is 0.916. The number of furan rings is 1. The van der Waals surface area contributed by atoms with Crippen LogP contribution in [-0.2, 0) is 4.74 Å². The highest BCUT2D eigenvalue weighted by molar-refractivity contribution is 5.98. The second-order valence-corrected chi connectivity index (χ2v) is 6.91. The Morgan fingerprint density at radius 1 is 1.38 bits per heavy atom. The van der Waals surface area contributed by atoms with Crippen LogP contribution in [0.2, 0.25) is 0 Å². The number of para-hydroxylation sites is 1. The first-order valence-corrected chi connectivity index (χ1v) is 8.65. The highest BCUT2D eigenvalue weighted by Crippen LogP contribution is 2.24. The molecule has 5 nitrogen and oxygen atoms in total. The number of morpholine rings is 1. The average Bonchev–Trinajstić information content (AvgIpc) is 2.90. The molecule has 0 spiro atoms. The minimum atomic E-state index is -0.173. The molecule has 130 valence electrons. The number of hydrogen-bond acceptors (Lipinski definition) is 4. The van der Waals surface area contributed by atoms with Gasteiger partial charge in [0.2, 0.25) is 0 Å². The maximum absolute atomic E-state index is 12.5. The van der Waals surface area contributed by atoms with Gasteiger partial charge in [0.25, 0.3) is 5.91 Å². The first-order chi connectivity index (χ1) is 11.5. The Bertz CT molecular complexity index is 708. The monoisotopic (exact) mass is 330 g/mol. The molecule has 1 N–H and O–H groups in total. The van der Waals surface area contributed by atoms with E-state index in [2.05, 4.69) is 24.1 Å². The summed E-state index contributed by atoms with van der Waals surface area (Å²) in [4.78, 5) is 14.9. The number of benzene rings is 1.